The van der Waals surface area contributed by atoms with E-state index in [9.17, 15) is 14.4 Å². The van der Waals surface area contributed by atoms with Crippen LogP contribution in [0.5, 0.6) is 11.5 Å². The minimum atomic E-state index is -0.507. The summed E-state index contributed by atoms with van der Waals surface area (Å²) >= 11 is 0. The third-order valence-electron chi connectivity index (χ3n) is 7.37. The molecule has 0 N–H and O–H groups in total. The molecular weight excluding hydrogens is 564 g/mol. The van der Waals surface area contributed by atoms with E-state index >= 15 is 0 Å². The molecule has 0 aromatic heterocycles. The van der Waals surface area contributed by atoms with Crippen molar-refractivity contribution >= 4 is 17.9 Å². The lowest BCUT2D eigenvalue weighted by Gasteiger charge is -2.13. The van der Waals surface area contributed by atoms with Crippen LogP contribution in [0.4, 0.5) is 0 Å². The summed E-state index contributed by atoms with van der Waals surface area (Å²) in [6.45, 7) is 6.26. The van der Waals surface area contributed by atoms with Gasteiger partial charge in [0.2, 0.25) is 0 Å². The van der Waals surface area contributed by atoms with E-state index in [0.29, 0.717) is 29.0 Å². The molecule has 45 heavy (non-hydrogen) atoms. The van der Waals surface area contributed by atoms with Crippen molar-refractivity contribution in [2.24, 2.45) is 0 Å². The molecular formula is C39H46O6. The normalized spacial score (nSPS) is 11.2. The first-order valence-electron chi connectivity index (χ1n) is 16.3. The number of hydrogen-bond donors (Lipinski definition) is 0. The lowest BCUT2D eigenvalue weighted by Crippen LogP contribution is -2.15. The average molecular weight is 611 g/mol. The first-order valence-corrected chi connectivity index (χ1v) is 16.3. The minimum absolute atomic E-state index is 0.143. The van der Waals surface area contributed by atoms with E-state index in [1.807, 2.05) is 19.1 Å². The summed E-state index contributed by atoms with van der Waals surface area (Å²) in [5.74, 6) is 5.91. The zero-order chi connectivity index (χ0) is 32.3. The Labute approximate surface area is 268 Å². The van der Waals surface area contributed by atoms with Crippen LogP contribution >= 0.6 is 0 Å². The van der Waals surface area contributed by atoms with Crippen LogP contribution in [-0.2, 0) is 9.53 Å². The van der Waals surface area contributed by atoms with Crippen LogP contribution in [0, 0.1) is 11.8 Å². The highest BCUT2D eigenvalue weighted by Gasteiger charge is 2.14. The number of carbonyl (C=O) groups is 3. The van der Waals surface area contributed by atoms with Crippen LogP contribution in [0.25, 0.3) is 0 Å². The Kier molecular flexibility index (Phi) is 15.5. The largest absolute Gasteiger partial charge is 0.459 e. The van der Waals surface area contributed by atoms with Gasteiger partial charge in [-0.05, 0) is 99.0 Å². The molecule has 3 rings (SSSR count). The fourth-order valence-corrected chi connectivity index (χ4v) is 4.67. The summed E-state index contributed by atoms with van der Waals surface area (Å²) < 4.78 is 16.4. The van der Waals surface area contributed by atoms with Crippen molar-refractivity contribution in [2.75, 3.05) is 0 Å². The summed E-state index contributed by atoms with van der Waals surface area (Å²) in [4.78, 5) is 37.2. The Morgan fingerprint density at radius 1 is 0.578 bits per heavy atom. The van der Waals surface area contributed by atoms with Crippen molar-refractivity contribution in [1.82, 2.24) is 0 Å². The lowest BCUT2D eigenvalue weighted by molar-refractivity contribution is -0.134. The second kappa shape index (κ2) is 19.8. The van der Waals surface area contributed by atoms with Crippen LogP contribution in [0.15, 0.2) is 72.8 Å². The number of carbonyl (C=O) groups excluding carboxylic acids is 3. The monoisotopic (exact) mass is 610 g/mol. The maximum absolute atomic E-state index is 12.6. The summed E-state index contributed by atoms with van der Waals surface area (Å²) in [6.07, 6.45) is 12.4. The van der Waals surface area contributed by atoms with Crippen molar-refractivity contribution in [1.29, 1.82) is 0 Å². The summed E-state index contributed by atoms with van der Waals surface area (Å²) in [5, 5.41) is 0. The Morgan fingerprint density at radius 2 is 1.04 bits per heavy atom. The van der Waals surface area contributed by atoms with Gasteiger partial charge in [-0.2, -0.15) is 0 Å². The van der Waals surface area contributed by atoms with E-state index in [2.05, 4.69) is 25.7 Å². The van der Waals surface area contributed by atoms with E-state index in [1.165, 1.54) is 32.1 Å². The molecule has 6 heteroatoms. The molecule has 0 aliphatic heterocycles. The first-order chi connectivity index (χ1) is 21.9. The molecule has 0 unspecified atom stereocenters. The average Bonchev–Trinajstić information content (AvgIpc) is 3.05. The standard InChI is InChI=1S/C39H46O6/c1-4-6-8-10-11-13-15-37(40)44-35-26-20-32(21-27-35)17-16-31-18-22-33(23-19-31)39(42)45-36-28-24-34(25-29-36)38(41)43-30(3)14-12-9-7-5-2/h18-30H,4-15H2,1-3H3/t30-/m0/s1. The van der Waals surface area contributed by atoms with Gasteiger partial charge in [-0.15, -0.1) is 0 Å². The minimum Gasteiger partial charge on any atom is -0.459 e. The molecule has 0 saturated heterocycles. The number of unbranched alkanes of at least 4 members (excludes halogenated alkanes) is 8. The maximum atomic E-state index is 12.6. The van der Waals surface area contributed by atoms with E-state index in [-0.39, 0.29) is 18.0 Å². The smallest absolute Gasteiger partial charge is 0.343 e. The zero-order valence-corrected chi connectivity index (χ0v) is 26.9. The molecule has 238 valence electrons. The maximum Gasteiger partial charge on any atom is 0.343 e. The molecule has 0 aliphatic carbocycles. The highest BCUT2D eigenvalue weighted by molar-refractivity contribution is 5.92. The first kappa shape index (κ1) is 35.1. The van der Waals surface area contributed by atoms with Gasteiger partial charge in [0.15, 0.2) is 0 Å². The second-order valence-electron chi connectivity index (χ2n) is 11.3. The van der Waals surface area contributed by atoms with Gasteiger partial charge in [0.1, 0.15) is 11.5 Å². The lowest BCUT2D eigenvalue weighted by atomic mass is 10.1. The van der Waals surface area contributed by atoms with E-state index in [0.717, 1.165) is 49.7 Å². The van der Waals surface area contributed by atoms with E-state index in [4.69, 9.17) is 14.2 Å². The van der Waals surface area contributed by atoms with Crippen molar-refractivity contribution in [3.8, 4) is 23.3 Å². The number of benzene rings is 3. The quantitative estimate of drug-likeness (QED) is 0.0656. The van der Waals surface area contributed by atoms with Crippen LogP contribution in [0.3, 0.4) is 0 Å². The third kappa shape index (κ3) is 13.4. The van der Waals surface area contributed by atoms with Crippen molar-refractivity contribution in [3.63, 3.8) is 0 Å². The van der Waals surface area contributed by atoms with E-state index in [1.54, 1.807) is 60.7 Å². The summed E-state index contributed by atoms with van der Waals surface area (Å²) in [6, 6.07) is 20.3. The Morgan fingerprint density at radius 3 is 1.67 bits per heavy atom. The molecule has 0 fully saturated rings. The predicted octanol–water partition coefficient (Wildman–Crippen LogP) is 9.48. The van der Waals surface area contributed by atoms with Crippen molar-refractivity contribution in [3.05, 3.63) is 95.1 Å². The topological polar surface area (TPSA) is 78.9 Å². The van der Waals surface area contributed by atoms with Crippen LogP contribution in [0.2, 0.25) is 0 Å². The van der Waals surface area contributed by atoms with Crippen LogP contribution in [-0.4, -0.2) is 24.0 Å². The number of ether oxygens (including phenoxy) is 3. The Hall–Kier alpha value is -4.37. The molecule has 0 radical (unpaired) electrons. The molecule has 0 saturated carbocycles. The second-order valence-corrected chi connectivity index (χ2v) is 11.3. The van der Waals surface area contributed by atoms with Crippen molar-refractivity contribution < 1.29 is 28.6 Å². The van der Waals surface area contributed by atoms with Gasteiger partial charge < -0.3 is 14.2 Å². The van der Waals surface area contributed by atoms with Gasteiger partial charge in [0, 0.05) is 17.5 Å². The summed E-state index contributed by atoms with van der Waals surface area (Å²) in [5.41, 5.74) is 2.32. The van der Waals surface area contributed by atoms with Gasteiger partial charge >= 0.3 is 17.9 Å². The molecule has 6 nitrogen and oxygen atoms in total. The number of hydrogen-bond acceptors (Lipinski definition) is 6. The van der Waals surface area contributed by atoms with Gasteiger partial charge in [-0.25, -0.2) is 9.59 Å². The molecule has 1 atom stereocenters. The predicted molar refractivity (Wildman–Crippen MR) is 178 cm³/mol. The molecule has 3 aromatic rings. The van der Waals surface area contributed by atoms with Gasteiger partial charge in [-0.1, -0.05) is 77.1 Å². The van der Waals surface area contributed by atoms with Crippen LogP contribution < -0.4 is 9.47 Å². The fraction of sp³-hybridized carbons (Fsp3) is 0.410. The Bertz CT molecular complexity index is 1400. The van der Waals surface area contributed by atoms with Crippen LogP contribution in [0.1, 0.15) is 130 Å². The van der Waals surface area contributed by atoms with Gasteiger partial charge in [-0.3, -0.25) is 4.79 Å². The highest BCUT2D eigenvalue weighted by atomic mass is 16.5. The molecule has 0 spiro atoms. The zero-order valence-electron chi connectivity index (χ0n) is 26.9. The number of esters is 3. The summed E-state index contributed by atoms with van der Waals surface area (Å²) in [7, 11) is 0. The van der Waals surface area contributed by atoms with Gasteiger partial charge in [0.05, 0.1) is 17.2 Å². The Balaban J connectivity index is 1.44. The fourth-order valence-electron chi connectivity index (χ4n) is 4.67. The molecule has 3 aromatic carbocycles. The number of rotatable bonds is 17. The van der Waals surface area contributed by atoms with Crippen molar-refractivity contribution in [2.45, 2.75) is 104 Å². The molecule has 0 amide bonds. The third-order valence-corrected chi connectivity index (χ3v) is 7.37. The van der Waals surface area contributed by atoms with E-state index < -0.39 is 5.97 Å². The highest BCUT2D eigenvalue weighted by Crippen LogP contribution is 2.18. The molecule has 0 aliphatic rings. The molecule has 0 bridgehead atoms. The molecule has 0 heterocycles. The SMILES string of the molecule is CCCCCCCCC(=O)Oc1ccc(C#Cc2ccc(C(=O)Oc3ccc(C(=O)O[C@@H](C)CCCCCC)cc3)cc2)cc1. The van der Waals surface area contributed by atoms with Gasteiger partial charge in [0.25, 0.3) is 0 Å².